The number of H-pyrrole nitrogens is 1. The molecule has 1 N–H and O–H groups in total. The summed E-state index contributed by atoms with van der Waals surface area (Å²) >= 11 is 6.54. The Morgan fingerprint density at radius 1 is 0.983 bits per heavy atom. The van der Waals surface area contributed by atoms with Gasteiger partial charge in [-0.1, -0.05) is 73.5 Å². The molecule has 0 bridgehead atoms. The number of fused-ring (bicyclic) bond motifs is 1. The van der Waals surface area contributed by atoms with Crippen LogP contribution < -0.4 is 0 Å². The van der Waals surface area contributed by atoms with E-state index in [0.717, 1.165) is 35.1 Å². The summed E-state index contributed by atoms with van der Waals surface area (Å²) in [4.78, 5) is 60.3. The van der Waals surface area contributed by atoms with Crippen molar-refractivity contribution in [2.24, 2.45) is 0 Å². The van der Waals surface area contributed by atoms with E-state index in [9.17, 15) is 29.8 Å². The molecule has 2 aliphatic rings. The molecule has 322 valence electrons. The number of hydrogen-bond acceptors (Lipinski definition) is 19. The highest BCUT2D eigenvalue weighted by Crippen LogP contribution is 2.32. The minimum atomic E-state index is -1.39. The number of aryl methyl sites for hydroxylation is 1. The van der Waals surface area contributed by atoms with Crippen LogP contribution in [0, 0.1) is 20.2 Å². The number of carbonyl (C=O) groups is 2. The summed E-state index contributed by atoms with van der Waals surface area (Å²) in [5, 5.41) is 33.1. The topological polar surface area (TPSA) is 276 Å². The number of carbonyl (C=O) groups excluding carboxylic acids is 2. The van der Waals surface area contributed by atoms with Crippen LogP contribution in [0.2, 0.25) is 5.15 Å². The molecule has 3 unspecified atom stereocenters. The number of esters is 1. The average molecular weight is 861 g/mol. The Labute approximate surface area is 345 Å². The number of tetrazole rings is 1. The van der Waals surface area contributed by atoms with E-state index in [-0.39, 0.29) is 50.4 Å². The molecule has 2 fully saturated rings. The van der Waals surface area contributed by atoms with Crippen molar-refractivity contribution in [3.05, 3.63) is 91.0 Å². The molecular weight excluding hydrogens is 820 g/mol. The van der Waals surface area contributed by atoms with E-state index in [4.69, 9.17) is 44.8 Å². The molecule has 23 nitrogen and oxygen atoms in total. The Morgan fingerprint density at radius 2 is 1.72 bits per heavy atom. The Bertz CT molecular complexity index is 2070. The smallest absolute Gasteiger partial charge is 0.426 e. The summed E-state index contributed by atoms with van der Waals surface area (Å²) in [6, 6.07) is 15.5. The van der Waals surface area contributed by atoms with Gasteiger partial charge in [0.05, 0.1) is 33.0 Å². The van der Waals surface area contributed by atoms with Crippen molar-refractivity contribution in [3.8, 4) is 22.5 Å². The maximum atomic E-state index is 13.6. The van der Waals surface area contributed by atoms with Crippen molar-refractivity contribution in [1.29, 1.82) is 0 Å². The van der Waals surface area contributed by atoms with E-state index in [1.54, 1.807) is 4.57 Å². The van der Waals surface area contributed by atoms with Crippen LogP contribution in [0.25, 0.3) is 22.5 Å². The predicted octanol–water partition coefficient (Wildman–Crippen LogP) is 3.78. The lowest BCUT2D eigenvalue weighted by atomic mass is 9.98. The Balaban J connectivity index is 0.997. The van der Waals surface area contributed by atoms with Crippen molar-refractivity contribution < 1.29 is 62.6 Å². The largest absolute Gasteiger partial charge is 0.511 e. The van der Waals surface area contributed by atoms with Crippen LogP contribution in [0.15, 0.2) is 48.5 Å². The molecule has 0 amide bonds. The molecule has 0 aliphatic carbocycles. The second kappa shape index (κ2) is 20.8. The summed E-state index contributed by atoms with van der Waals surface area (Å²) < 4.78 is 40.5. The third-order valence-corrected chi connectivity index (χ3v) is 9.54. The summed E-state index contributed by atoms with van der Waals surface area (Å²) in [7, 11) is 0. The zero-order chi connectivity index (χ0) is 42.6. The van der Waals surface area contributed by atoms with Gasteiger partial charge in [-0.2, -0.15) is 5.21 Å². The van der Waals surface area contributed by atoms with Gasteiger partial charge >= 0.3 is 12.1 Å². The Morgan fingerprint density at radius 3 is 2.42 bits per heavy atom. The average Bonchev–Trinajstić information content (AvgIpc) is 4.03. The second-order valence-corrected chi connectivity index (χ2v) is 13.7. The summed E-state index contributed by atoms with van der Waals surface area (Å²) in [5.74, 6) is 0.194. The molecule has 60 heavy (non-hydrogen) atoms. The second-order valence-electron chi connectivity index (χ2n) is 13.4. The zero-order valence-electron chi connectivity index (χ0n) is 32.3. The van der Waals surface area contributed by atoms with Crippen molar-refractivity contribution in [2.75, 3.05) is 39.6 Å². The van der Waals surface area contributed by atoms with Crippen LogP contribution in [-0.2, 0) is 55.8 Å². The molecule has 6 atom stereocenters. The first-order chi connectivity index (χ1) is 29.0. The molecule has 2 aromatic heterocycles. The van der Waals surface area contributed by atoms with E-state index in [1.165, 1.54) is 6.92 Å². The number of rotatable bonds is 22. The zero-order valence-corrected chi connectivity index (χ0v) is 33.0. The van der Waals surface area contributed by atoms with Crippen LogP contribution in [0.5, 0.6) is 0 Å². The molecule has 2 saturated heterocycles. The van der Waals surface area contributed by atoms with Crippen LogP contribution in [0.1, 0.15) is 48.6 Å². The number of hydrogen-bond donors (Lipinski definition) is 1. The fourth-order valence-electron chi connectivity index (χ4n) is 6.57. The maximum Gasteiger partial charge on any atom is 0.511 e. The third kappa shape index (κ3) is 11.4. The first-order valence-corrected chi connectivity index (χ1v) is 19.1. The minimum absolute atomic E-state index is 0.00508. The molecule has 24 heteroatoms. The van der Waals surface area contributed by atoms with Gasteiger partial charge in [0.1, 0.15) is 30.7 Å². The lowest BCUT2D eigenvalue weighted by Gasteiger charge is -2.19. The van der Waals surface area contributed by atoms with Crippen LogP contribution in [0.3, 0.4) is 0 Å². The molecule has 2 aliphatic heterocycles. The van der Waals surface area contributed by atoms with Gasteiger partial charge in [-0.3, -0.25) is 0 Å². The van der Waals surface area contributed by atoms with Crippen LogP contribution in [-0.4, -0.2) is 129 Å². The molecule has 6 rings (SSSR count). The number of ether oxygens (including phenoxy) is 7. The molecule has 0 radical (unpaired) electrons. The highest BCUT2D eigenvalue weighted by molar-refractivity contribution is 6.32. The van der Waals surface area contributed by atoms with E-state index < -0.39 is 65.7 Å². The van der Waals surface area contributed by atoms with Crippen molar-refractivity contribution in [1.82, 2.24) is 30.2 Å². The molecular formula is C36H41ClN8O15. The first kappa shape index (κ1) is 43.6. The number of imidazole rings is 1. The highest BCUT2D eigenvalue weighted by Gasteiger charge is 2.50. The number of aromatic nitrogens is 6. The lowest BCUT2D eigenvalue weighted by molar-refractivity contribution is -0.790. The van der Waals surface area contributed by atoms with Gasteiger partial charge in [-0.25, -0.2) is 14.6 Å². The van der Waals surface area contributed by atoms with Gasteiger partial charge < -0.3 is 47.4 Å². The summed E-state index contributed by atoms with van der Waals surface area (Å²) in [5.41, 5.74) is 3.49. The fourth-order valence-corrected chi connectivity index (χ4v) is 6.85. The number of aromatic amines is 1. The van der Waals surface area contributed by atoms with Gasteiger partial charge in [-0.15, -0.1) is 30.4 Å². The lowest BCUT2D eigenvalue weighted by Crippen LogP contribution is -2.36. The van der Waals surface area contributed by atoms with E-state index >= 15 is 0 Å². The normalized spacial score (nSPS) is 19.2. The number of nitrogens with zero attached hydrogens (tertiary/aromatic N) is 7. The number of unbranched alkanes of at least 4 members (excludes halogenated alkanes) is 1. The third-order valence-electron chi connectivity index (χ3n) is 9.28. The maximum absolute atomic E-state index is 13.6. The van der Waals surface area contributed by atoms with E-state index in [2.05, 4.69) is 35.3 Å². The van der Waals surface area contributed by atoms with E-state index in [1.807, 2.05) is 55.5 Å². The molecule has 0 spiro atoms. The van der Waals surface area contributed by atoms with Crippen molar-refractivity contribution in [2.45, 2.75) is 76.5 Å². The molecule has 4 heterocycles. The Kier molecular flexibility index (Phi) is 15.1. The molecule has 4 aromatic rings. The minimum Gasteiger partial charge on any atom is -0.426 e. The van der Waals surface area contributed by atoms with Crippen LogP contribution >= 0.6 is 11.6 Å². The monoisotopic (exact) mass is 860 g/mol. The van der Waals surface area contributed by atoms with Gasteiger partial charge in [0.25, 0.3) is 10.2 Å². The fraction of sp³-hybridized carbons (Fsp3) is 0.500. The van der Waals surface area contributed by atoms with Gasteiger partial charge in [0.15, 0.2) is 23.1 Å². The number of nitrogens with one attached hydrogen (secondary N) is 1. The quantitative estimate of drug-likeness (QED) is 0.0387. The summed E-state index contributed by atoms with van der Waals surface area (Å²) in [6.07, 6.45) is -4.35. The predicted molar refractivity (Wildman–Crippen MR) is 201 cm³/mol. The SMILES string of the molecule is CCCCc1nc(Cl)c(C(=O)OC(C)OC(=O)O[C@H]2COC3C2OC[C@H]3OCCOC[C@@H](CO[N+](=O)[O-])O[N+](=O)[O-])n1Cc1ccc(-c2ccccc2-c2nn[nH]n2)cc1. The molecule has 2 aromatic carbocycles. The van der Waals surface area contributed by atoms with Crippen molar-refractivity contribution in [3.63, 3.8) is 0 Å². The standard InChI is InChI=1S/C36H41ClN8O15/c1-3-4-9-29-38-33(37)30(43(29)16-22-10-12-23(13-11-22)25-7-5-6-8-26(25)34-39-41-42-40-34)35(46)57-21(2)58-36(47)59-28-20-55-31-27(19-54-32(28)31)53-15-14-52-17-24(60-45(50)51)18-56-44(48)49/h5-8,10-13,21,24,27-28,31-32H,3-4,9,14-20H2,1-2H3,(H,39,40,41,42)/t21?,24-,27+,28-,31?,32?/m0/s1. The van der Waals surface area contributed by atoms with E-state index in [0.29, 0.717) is 18.1 Å². The number of halogens is 1. The number of benzene rings is 2. The molecule has 0 saturated carbocycles. The highest BCUT2D eigenvalue weighted by atomic mass is 35.5. The Hall–Kier alpha value is -6.01. The van der Waals surface area contributed by atoms with Gasteiger partial charge in [0.2, 0.25) is 12.1 Å². The van der Waals surface area contributed by atoms with Gasteiger partial charge in [-0.05, 0) is 28.3 Å². The van der Waals surface area contributed by atoms with Crippen LogP contribution in [0.4, 0.5) is 4.79 Å². The summed E-state index contributed by atoms with van der Waals surface area (Å²) in [6.45, 7) is 2.57. The first-order valence-electron chi connectivity index (χ1n) is 18.8. The van der Waals surface area contributed by atoms with Gasteiger partial charge in [0, 0.05) is 25.5 Å². The van der Waals surface area contributed by atoms with Crippen molar-refractivity contribution >= 4 is 23.7 Å².